The van der Waals surface area contributed by atoms with Crippen LogP contribution in [0.4, 0.5) is 5.13 Å². The van der Waals surface area contributed by atoms with E-state index in [4.69, 9.17) is 9.47 Å². The predicted octanol–water partition coefficient (Wildman–Crippen LogP) is 3.18. The maximum atomic E-state index is 12.2. The molecule has 1 aromatic heterocycles. The second-order valence-corrected chi connectivity index (χ2v) is 5.23. The fourth-order valence-electron chi connectivity index (χ4n) is 1.51. The van der Waals surface area contributed by atoms with Crippen LogP contribution in [0.1, 0.15) is 10.4 Å². The summed E-state index contributed by atoms with van der Waals surface area (Å²) in [6.07, 6.45) is 1.62. The fourth-order valence-corrected chi connectivity index (χ4v) is 2.64. The van der Waals surface area contributed by atoms with Crippen molar-refractivity contribution in [3.05, 3.63) is 33.7 Å². The fraction of sp³-hybridized carbons (Fsp3) is 0.167. The van der Waals surface area contributed by atoms with Gasteiger partial charge >= 0.3 is 0 Å². The number of thiazole rings is 1. The minimum absolute atomic E-state index is 0.300. The molecule has 0 saturated carbocycles. The van der Waals surface area contributed by atoms with E-state index in [2.05, 4.69) is 26.2 Å². The van der Waals surface area contributed by atoms with Crippen molar-refractivity contribution < 1.29 is 14.3 Å². The zero-order chi connectivity index (χ0) is 13.8. The highest BCUT2D eigenvalue weighted by Gasteiger charge is 2.18. The van der Waals surface area contributed by atoms with Crippen LogP contribution in [0.25, 0.3) is 0 Å². The molecular formula is C12H11BrN2O3S. The van der Waals surface area contributed by atoms with Crippen LogP contribution in [0.3, 0.4) is 0 Å². The molecule has 0 aliphatic heterocycles. The van der Waals surface area contributed by atoms with Crippen molar-refractivity contribution in [2.75, 3.05) is 19.5 Å². The molecule has 1 amide bonds. The molecule has 0 aliphatic carbocycles. The van der Waals surface area contributed by atoms with Crippen LogP contribution in [0, 0.1) is 0 Å². The number of nitrogens with zero attached hydrogens (tertiary/aromatic N) is 1. The van der Waals surface area contributed by atoms with E-state index in [0.717, 1.165) is 0 Å². The molecule has 7 heteroatoms. The molecule has 1 N–H and O–H groups in total. The van der Waals surface area contributed by atoms with Gasteiger partial charge in [-0.15, -0.1) is 11.3 Å². The number of methoxy groups -OCH3 is 2. The number of halogens is 1. The monoisotopic (exact) mass is 342 g/mol. The highest BCUT2D eigenvalue weighted by molar-refractivity contribution is 9.10. The van der Waals surface area contributed by atoms with Gasteiger partial charge in [-0.05, 0) is 28.1 Å². The topological polar surface area (TPSA) is 60.5 Å². The maximum absolute atomic E-state index is 12.2. The van der Waals surface area contributed by atoms with Crippen LogP contribution < -0.4 is 14.8 Å². The van der Waals surface area contributed by atoms with E-state index in [9.17, 15) is 4.79 Å². The van der Waals surface area contributed by atoms with Crippen molar-refractivity contribution in [2.45, 2.75) is 0 Å². The lowest BCUT2D eigenvalue weighted by molar-refractivity contribution is 0.102. The van der Waals surface area contributed by atoms with Gasteiger partial charge in [0.25, 0.3) is 5.91 Å². The second-order valence-electron chi connectivity index (χ2n) is 3.48. The number of ether oxygens (including phenoxy) is 2. The van der Waals surface area contributed by atoms with Crippen molar-refractivity contribution >= 4 is 38.3 Å². The van der Waals surface area contributed by atoms with Crippen molar-refractivity contribution in [3.63, 3.8) is 0 Å². The minimum Gasteiger partial charge on any atom is -0.497 e. The highest BCUT2D eigenvalue weighted by Crippen LogP contribution is 2.34. The number of anilines is 1. The number of carbonyl (C=O) groups is 1. The van der Waals surface area contributed by atoms with Gasteiger partial charge in [0, 0.05) is 11.6 Å². The second kappa shape index (κ2) is 6.03. The molecular weight excluding hydrogens is 332 g/mol. The molecule has 19 heavy (non-hydrogen) atoms. The number of rotatable bonds is 4. The first kappa shape index (κ1) is 13.8. The molecule has 2 rings (SSSR count). The SMILES string of the molecule is COc1cc(Br)c(OC)c(C(=O)Nc2nccs2)c1. The van der Waals surface area contributed by atoms with E-state index in [1.54, 1.807) is 23.7 Å². The Morgan fingerprint density at radius 1 is 1.37 bits per heavy atom. The first-order valence-corrected chi connectivity index (χ1v) is 6.95. The van der Waals surface area contributed by atoms with Crippen LogP contribution >= 0.6 is 27.3 Å². The van der Waals surface area contributed by atoms with Crippen molar-refractivity contribution in [3.8, 4) is 11.5 Å². The molecule has 1 heterocycles. The van der Waals surface area contributed by atoms with Gasteiger partial charge < -0.3 is 9.47 Å². The standard InChI is InChI=1S/C12H11BrN2O3S/c1-17-7-5-8(10(18-2)9(13)6-7)11(16)15-12-14-3-4-19-12/h3-6H,1-2H3,(H,14,15,16). The van der Waals surface area contributed by atoms with E-state index < -0.39 is 0 Å². The number of carbonyl (C=O) groups excluding carboxylic acids is 1. The largest absolute Gasteiger partial charge is 0.497 e. The zero-order valence-corrected chi connectivity index (χ0v) is 12.7. The summed E-state index contributed by atoms with van der Waals surface area (Å²) in [5.74, 6) is 0.721. The van der Waals surface area contributed by atoms with Crippen LogP contribution in [0.2, 0.25) is 0 Å². The summed E-state index contributed by atoms with van der Waals surface area (Å²) < 4.78 is 11.0. The van der Waals surface area contributed by atoms with Gasteiger partial charge in [-0.25, -0.2) is 4.98 Å². The summed E-state index contributed by atoms with van der Waals surface area (Å²) >= 11 is 4.69. The average Bonchev–Trinajstić information content (AvgIpc) is 2.90. The van der Waals surface area contributed by atoms with Crippen molar-refractivity contribution in [1.29, 1.82) is 0 Å². The number of hydrogen-bond acceptors (Lipinski definition) is 5. The molecule has 0 spiro atoms. The summed E-state index contributed by atoms with van der Waals surface area (Å²) in [4.78, 5) is 16.2. The van der Waals surface area contributed by atoms with Crippen LogP contribution in [0.5, 0.6) is 11.5 Å². The normalized spacial score (nSPS) is 10.1. The molecule has 2 aromatic rings. The smallest absolute Gasteiger partial charge is 0.261 e. The molecule has 0 fully saturated rings. The van der Waals surface area contributed by atoms with Crippen molar-refractivity contribution in [1.82, 2.24) is 4.98 Å². The quantitative estimate of drug-likeness (QED) is 0.926. The number of benzene rings is 1. The molecule has 0 unspecified atom stereocenters. The van der Waals surface area contributed by atoms with Gasteiger partial charge in [0.2, 0.25) is 0 Å². The number of amides is 1. The Hall–Kier alpha value is -1.60. The third-order valence-electron chi connectivity index (χ3n) is 2.35. The third-order valence-corrected chi connectivity index (χ3v) is 3.63. The maximum Gasteiger partial charge on any atom is 0.261 e. The molecule has 0 radical (unpaired) electrons. The van der Waals surface area contributed by atoms with Crippen LogP contribution in [0.15, 0.2) is 28.2 Å². The lowest BCUT2D eigenvalue weighted by atomic mass is 10.1. The van der Waals surface area contributed by atoms with Gasteiger partial charge in [0.15, 0.2) is 5.13 Å². The van der Waals surface area contributed by atoms with Gasteiger partial charge in [0.1, 0.15) is 11.5 Å². The summed E-state index contributed by atoms with van der Waals surface area (Å²) in [6.45, 7) is 0. The Balaban J connectivity index is 2.36. The summed E-state index contributed by atoms with van der Waals surface area (Å²) in [5.41, 5.74) is 0.379. The Kier molecular flexibility index (Phi) is 4.39. The Morgan fingerprint density at radius 2 is 2.16 bits per heavy atom. The molecule has 1 aromatic carbocycles. The first-order chi connectivity index (χ1) is 9.15. The average molecular weight is 343 g/mol. The van der Waals surface area contributed by atoms with Gasteiger partial charge in [-0.3, -0.25) is 10.1 Å². The molecule has 5 nitrogen and oxygen atoms in total. The van der Waals surface area contributed by atoms with E-state index in [1.807, 2.05) is 0 Å². The van der Waals surface area contributed by atoms with Crippen LogP contribution in [-0.4, -0.2) is 25.1 Å². The number of aromatic nitrogens is 1. The summed E-state index contributed by atoms with van der Waals surface area (Å²) in [6, 6.07) is 3.35. The third kappa shape index (κ3) is 3.05. The first-order valence-electron chi connectivity index (χ1n) is 5.28. The molecule has 100 valence electrons. The van der Waals surface area contributed by atoms with Crippen molar-refractivity contribution in [2.24, 2.45) is 0 Å². The molecule has 0 saturated heterocycles. The number of nitrogens with one attached hydrogen (secondary N) is 1. The highest BCUT2D eigenvalue weighted by atomic mass is 79.9. The zero-order valence-electron chi connectivity index (χ0n) is 10.3. The predicted molar refractivity (Wildman–Crippen MR) is 77.3 cm³/mol. The lowest BCUT2D eigenvalue weighted by Gasteiger charge is -2.11. The number of hydrogen-bond donors (Lipinski definition) is 1. The summed E-state index contributed by atoms with van der Waals surface area (Å²) in [7, 11) is 3.05. The lowest BCUT2D eigenvalue weighted by Crippen LogP contribution is -2.13. The molecule has 0 aliphatic rings. The van der Waals surface area contributed by atoms with Gasteiger partial charge in [0.05, 0.1) is 24.3 Å². The van der Waals surface area contributed by atoms with Crippen LogP contribution in [-0.2, 0) is 0 Å². The summed E-state index contributed by atoms with van der Waals surface area (Å²) in [5, 5.41) is 5.02. The molecule has 0 atom stereocenters. The van der Waals surface area contributed by atoms with E-state index in [0.29, 0.717) is 26.7 Å². The van der Waals surface area contributed by atoms with Gasteiger partial charge in [-0.1, -0.05) is 0 Å². The minimum atomic E-state index is -0.300. The molecule has 0 bridgehead atoms. The van der Waals surface area contributed by atoms with E-state index in [1.165, 1.54) is 25.6 Å². The van der Waals surface area contributed by atoms with E-state index in [-0.39, 0.29) is 5.91 Å². The van der Waals surface area contributed by atoms with E-state index >= 15 is 0 Å². The Morgan fingerprint density at radius 3 is 2.74 bits per heavy atom. The Labute approximate surface area is 122 Å². The van der Waals surface area contributed by atoms with Gasteiger partial charge in [-0.2, -0.15) is 0 Å². The Bertz CT molecular complexity index is 587.